The normalized spacial score (nSPS) is 9.61. The van der Waals surface area contributed by atoms with Gasteiger partial charge in [0.15, 0.2) is 0 Å². The standard InChI is InChI=1S/C26H23N.2C2H6/c1-20-11-13-22(14-12-20)23-15-17-25(18-16-23)27(24-8-4-3-5-9-24)26-10-6-7-21(2)19-26;2*1-2/h3-19H,1-2H3;2*1-2H3. The van der Waals surface area contributed by atoms with Gasteiger partial charge >= 0.3 is 0 Å². The zero-order valence-corrected chi connectivity index (χ0v) is 19.8. The van der Waals surface area contributed by atoms with Crippen molar-refractivity contribution in [3.8, 4) is 11.1 Å². The van der Waals surface area contributed by atoms with Gasteiger partial charge in [0, 0.05) is 17.1 Å². The highest BCUT2D eigenvalue weighted by atomic mass is 15.1. The zero-order valence-electron chi connectivity index (χ0n) is 19.8. The van der Waals surface area contributed by atoms with Crippen molar-refractivity contribution in [3.05, 3.63) is 114 Å². The third-order valence-corrected chi connectivity index (χ3v) is 4.78. The summed E-state index contributed by atoms with van der Waals surface area (Å²) in [7, 11) is 0. The summed E-state index contributed by atoms with van der Waals surface area (Å²) in [6, 6.07) is 36.6. The highest BCUT2D eigenvalue weighted by Crippen LogP contribution is 2.35. The summed E-state index contributed by atoms with van der Waals surface area (Å²) in [5, 5.41) is 0. The van der Waals surface area contributed by atoms with Crippen molar-refractivity contribution in [2.45, 2.75) is 41.5 Å². The van der Waals surface area contributed by atoms with E-state index in [0.29, 0.717) is 0 Å². The topological polar surface area (TPSA) is 3.24 Å². The molecule has 0 unspecified atom stereocenters. The number of hydrogen-bond acceptors (Lipinski definition) is 1. The van der Waals surface area contributed by atoms with E-state index < -0.39 is 0 Å². The van der Waals surface area contributed by atoms with Crippen molar-refractivity contribution in [1.82, 2.24) is 0 Å². The van der Waals surface area contributed by atoms with E-state index in [9.17, 15) is 0 Å². The lowest BCUT2D eigenvalue weighted by atomic mass is 10.0. The van der Waals surface area contributed by atoms with Crippen molar-refractivity contribution >= 4 is 17.1 Å². The molecule has 0 amide bonds. The molecule has 0 aliphatic heterocycles. The quantitative estimate of drug-likeness (QED) is 0.324. The molecule has 160 valence electrons. The van der Waals surface area contributed by atoms with Crippen LogP contribution in [0.2, 0.25) is 0 Å². The SMILES string of the molecule is CC.CC.Cc1ccc(-c2ccc(N(c3ccccc3)c3cccc(C)c3)cc2)cc1. The predicted molar refractivity (Wildman–Crippen MR) is 139 cm³/mol. The number of rotatable bonds is 4. The Morgan fingerprint density at radius 1 is 0.419 bits per heavy atom. The molecule has 0 fully saturated rings. The lowest BCUT2D eigenvalue weighted by Gasteiger charge is -2.26. The second-order valence-electron chi connectivity index (χ2n) is 6.92. The third kappa shape index (κ3) is 6.33. The minimum Gasteiger partial charge on any atom is -0.310 e. The summed E-state index contributed by atoms with van der Waals surface area (Å²) in [4.78, 5) is 2.30. The molecule has 1 nitrogen and oxygen atoms in total. The Balaban J connectivity index is 0.000000807. The number of nitrogens with zero attached hydrogens (tertiary/aromatic N) is 1. The Morgan fingerprint density at radius 2 is 0.903 bits per heavy atom. The largest absolute Gasteiger partial charge is 0.310 e. The molecule has 0 spiro atoms. The number of anilines is 3. The van der Waals surface area contributed by atoms with E-state index in [4.69, 9.17) is 0 Å². The van der Waals surface area contributed by atoms with Crippen molar-refractivity contribution in [2.75, 3.05) is 4.90 Å². The average Bonchev–Trinajstić information content (AvgIpc) is 2.84. The molecule has 0 heterocycles. The highest BCUT2D eigenvalue weighted by molar-refractivity contribution is 5.78. The van der Waals surface area contributed by atoms with Gasteiger partial charge in [0.1, 0.15) is 0 Å². The van der Waals surface area contributed by atoms with E-state index in [-0.39, 0.29) is 0 Å². The van der Waals surface area contributed by atoms with Crippen LogP contribution in [0.3, 0.4) is 0 Å². The van der Waals surface area contributed by atoms with Crippen LogP contribution in [-0.2, 0) is 0 Å². The summed E-state index contributed by atoms with van der Waals surface area (Å²) < 4.78 is 0. The molecule has 0 aromatic heterocycles. The minimum atomic E-state index is 1.16. The van der Waals surface area contributed by atoms with E-state index in [1.54, 1.807) is 0 Å². The zero-order chi connectivity index (χ0) is 22.6. The minimum absolute atomic E-state index is 1.16. The molecule has 4 aromatic rings. The molecule has 0 N–H and O–H groups in total. The van der Waals surface area contributed by atoms with Crippen molar-refractivity contribution in [1.29, 1.82) is 0 Å². The van der Waals surface area contributed by atoms with Gasteiger partial charge in [0.25, 0.3) is 0 Å². The van der Waals surface area contributed by atoms with Crippen LogP contribution < -0.4 is 4.90 Å². The number of hydrogen-bond donors (Lipinski definition) is 0. The molecule has 0 aliphatic carbocycles. The molecule has 0 radical (unpaired) electrons. The van der Waals surface area contributed by atoms with Gasteiger partial charge in [-0.3, -0.25) is 0 Å². The van der Waals surface area contributed by atoms with Crippen molar-refractivity contribution in [3.63, 3.8) is 0 Å². The average molecular weight is 410 g/mol. The van der Waals surface area contributed by atoms with Gasteiger partial charge in [-0.15, -0.1) is 0 Å². The van der Waals surface area contributed by atoms with Crippen LogP contribution in [0, 0.1) is 13.8 Å². The van der Waals surface area contributed by atoms with Gasteiger partial charge < -0.3 is 4.90 Å². The Labute approximate surface area is 189 Å². The molecule has 0 saturated carbocycles. The van der Waals surface area contributed by atoms with Gasteiger partial charge in [-0.1, -0.05) is 100.0 Å². The Morgan fingerprint density at radius 3 is 1.45 bits per heavy atom. The first kappa shape index (κ1) is 24.0. The molecule has 0 aliphatic rings. The van der Waals surface area contributed by atoms with Gasteiger partial charge in [0.05, 0.1) is 0 Å². The molecule has 0 bridgehead atoms. The second kappa shape index (κ2) is 12.4. The van der Waals surface area contributed by atoms with Crippen LogP contribution in [0.1, 0.15) is 38.8 Å². The first-order chi connectivity index (χ1) is 15.2. The van der Waals surface area contributed by atoms with E-state index >= 15 is 0 Å². The van der Waals surface area contributed by atoms with E-state index in [1.165, 1.54) is 27.9 Å². The van der Waals surface area contributed by atoms with Crippen LogP contribution in [0.4, 0.5) is 17.1 Å². The smallest absolute Gasteiger partial charge is 0.0464 e. The van der Waals surface area contributed by atoms with Crippen LogP contribution in [0.25, 0.3) is 11.1 Å². The molecule has 0 saturated heterocycles. The second-order valence-corrected chi connectivity index (χ2v) is 6.92. The summed E-state index contributed by atoms with van der Waals surface area (Å²) in [5.41, 5.74) is 8.50. The molecule has 31 heavy (non-hydrogen) atoms. The Kier molecular flexibility index (Phi) is 9.58. The van der Waals surface area contributed by atoms with Crippen LogP contribution in [-0.4, -0.2) is 0 Å². The maximum atomic E-state index is 2.30. The monoisotopic (exact) mass is 409 g/mol. The molecular formula is C30H35N. The van der Waals surface area contributed by atoms with Crippen molar-refractivity contribution < 1.29 is 0 Å². The summed E-state index contributed by atoms with van der Waals surface area (Å²) >= 11 is 0. The molecular weight excluding hydrogens is 374 g/mol. The summed E-state index contributed by atoms with van der Waals surface area (Å²) in [6.07, 6.45) is 0. The Hall–Kier alpha value is -3.32. The van der Waals surface area contributed by atoms with Gasteiger partial charge in [-0.2, -0.15) is 0 Å². The number of benzene rings is 4. The first-order valence-electron chi connectivity index (χ1n) is 11.3. The van der Waals surface area contributed by atoms with E-state index in [1.807, 2.05) is 27.7 Å². The fourth-order valence-corrected chi connectivity index (χ4v) is 3.34. The maximum Gasteiger partial charge on any atom is 0.0464 e. The molecule has 0 atom stereocenters. The summed E-state index contributed by atoms with van der Waals surface area (Å²) in [5.74, 6) is 0. The van der Waals surface area contributed by atoms with Gasteiger partial charge in [-0.05, 0) is 66.9 Å². The van der Waals surface area contributed by atoms with Gasteiger partial charge in [0.2, 0.25) is 0 Å². The maximum absolute atomic E-state index is 2.30. The predicted octanol–water partition coefficient (Wildman–Crippen LogP) is 9.49. The van der Waals surface area contributed by atoms with Gasteiger partial charge in [-0.25, -0.2) is 0 Å². The van der Waals surface area contributed by atoms with E-state index in [0.717, 1.165) is 11.4 Å². The lowest BCUT2D eigenvalue weighted by Crippen LogP contribution is -2.09. The van der Waals surface area contributed by atoms with Crippen molar-refractivity contribution in [2.24, 2.45) is 0 Å². The lowest BCUT2D eigenvalue weighted by molar-refractivity contribution is 1.27. The van der Waals surface area contributed by atoms with E-state index in [2.05, 4.69) is 122 Å². The number of para-hydroxylation sites is 1. The molecule has 4 rings (SSSR count). The fraction of sp³-hybridized carbons (Fsp3) is 0.200. The fourth-order valence-electron chi connectivity index (χ4n) is 3.34. The third-order valence-electron chi connectivity index (χ3n) is 4.78. The number of aryl methyl sites for hydroxylation is 2. The first-order valence-corrected chi connectivity index (χ1v) is 11.3. The summed E-state index contributed by atoms with van der Waals surface area (Å²) in [6.45, 7) is 12.2. The van der Waals surface area contributed by atoms with Crippen LogP contribution in [0.5, 0.6) is 0 Å². The van der Waals surface area contributed by atoms with Crippen LogP contribution in [0.15, 0.2) is 103 Å². The molecule has 1 heteroatoms. The Bertz CT molecular complexity index is 1020. The van der Waals surface area contributed by atoms with Crippen LogP contribution >= 0.6 is 0 Å². The highest BCUT2D eigenvalue weighted by Gasteiger charge is 2.12. The molecule has 4 aromatic carbocycles.